The second kappa shape index (κ2) is 5.87. The van der Waals surface area contributed by atoms with Crippen molar-refractivity contribution < 1.29 is 17.9 Å². The Balaban J connectivity index is 2.44. The van der Waals surface area contributed by atoms with Gasteiger partial charge in [-0.15, -0.1) is 11.3 Å². The van der Waals surface area contributed by atoms with Gasteiger partial charge in [-0.1, -0.05) is 23.2 Å². The van der Waals surface area contributed by atoms with Crippen molar-refractivity contribution in [1.82, 2.24) is 0 Å². The number of hydrogen-bond donors (Lipinski definition) is 2. The molecule has 0 saturated carbocycles. The average Bonchev–Trinajstić information content (AvgIpc) is 2.83. The van der Waals surface area contributed by atoms with Crippen molar-refractivity contribution >= 4 is 50.2 Å². The van der Waals surface area contributed by atoms with E-state index in [1.807, 2.05) is 0 Å². The Morgan fingerprint density at radius 2 is 1.90 bits per heavy atom. The molecule has 0 fully saturated rings. The highest BCUT2D eigenvalue weighted by Crippen LogP contribution is 2.34. The van der Waals surface area contributed by atoms with E-state index >= 15 is 0 Å². The maximum atomic E-state index is 13.1. The van der Waals surface area contributed by atoms with Crippen molar-refractivity contribution in [2.75, 3.05) is 4.72 Å². The first-order chi connectivity index (χ1) is 9.35. The van der Waals surface area contributed by atoms with Gasteiger partial charge in [0, 0.05) is 0 Å². The van der Waals surface area contributed by atoms with E-state index in [9.17, 15) is 12.8 Å². The molecule has 2 N–H and O–H groups in total. The van der Waals surface area contributed by atoms with E-state index in [4.69, 9.17) is 28.3 Å². The SMILES string of the molecule is O=S(=O)(Nc1c(Cl)cc(F)cc1Cl)c1ccsc1CO. The van der Waals surface area contributed by atoms with Crippen molar-refractivity contribution in [3.05, 3.63) is 44.3 Å². The molecule has 9 heteroatoms. The van der Waals surface area contributed by atoms with Gasteiger partial charge in [-0.25, -0.2) is 12.8 Å². The van der Waals surface area contributed by atoms with Crippen molar-refractivity contribution in [2.24, 2.45) is 0 Å². The lowest BCUT2D eigenvalue weighted by molar-refractivity contribution is 0.282. The van der Waals surface area contributed by atoms with Crippen molar-refractivity contribution in [2.45, 2.75) is 11.5 Å². The highest BCUT2D eigenvalue weighted by molar-refractivity contribution is 7.93. The molecule has 0 spiro atoms. The Labute approximate surface area is 128 Å². The number of aliphatic hydroxyl groups excluding tert-OH is 1. The summed E-state index contributed by atoms with van der Waals surface area (Å²) in [7, 11) is -3.96. The van der Waals surface area contributed by atoms with Crippen molar-refractivity contribution in [1.29, 1.82) is 0 Å². The van der Waals surface area contributed by atoms with Gasteiger partial charge in [0.2, 0.25) is 0 Å². The topological polar surface area (TPSA) is 66.4 Å². The number of aliphatic hydroxyl groups is 1. The van der Waals surface area contributed by atoms with Gasteiger partial charge in [0.25, 0.3) is 10.0 Å². The largest absolute Gasteiger partial charge is 0.391 e. The predicted molar refractivity (Wildman–Crippen MR) is 77.5 cm³/mol. The summed E-state index contributed by atoms with van der Waals surface area (Å²) in [5.74, 6) is -0.672. The number of anilines is 1. The van der Waals surface area contributed by atoms with E-state index in [-0.39, 0.29) is 25.5 Å². The quantitative estimate of drug-likeness (QED) is 0.881. The molecule has 0 unspecified atom stereocenters. The number of benzene rings is 1. The number of halogens is 3. The first kappa shape index (κ1) is 15.5. The minimum absolute atomic E-state index is 0.0681. The van der Waals surface area contributed by atoms with Gasteiger partial charge in [-0.2, -0.15) is 0 Å². The highest BCUT2D eigenvalue weighted by atomic mass is 35.5. The van der Waals surface area contributed by atoms with Gasteiger partial charge in [0.15, 0.2) is 0 Å². The van der Waals surface area contributed by atoms with Crippen molar-refractivity contribution in [3.63, 3.8) is 0 Å². The third-order valence-electron chi connectivity index (χ3n) is 2.38. The molecule has 0 radical (unpaired) electrons. The van der Waals surface area contributed by atoms with Crippen LogP contribution >= 0.6 is 34.5 Å². The molecule has 1 heterocycles. The number of rotatable bonds is 4. The monoisotopic (exact) mass is 355 g/mol. The third kappa shape index (κ3) is 3.07. The first-order valence-corrected chi connectivity index (χ1v) is 8.31. The van der Waals surface area contributed by atoms with E-state index in [1.54, 1.807) is 0 Å². The van der Waals surface area contributed by atoms with E-state index in [0.29, 0.717) is 0 Å². The number of sulfonamides is 1. The molecule has 0 atom stereocenters. The van der Waals surface area contributed by atoms with Crippen LogP contribution in [0.25, 0.3) is 0 Å². The summed E-state index contributed by atoms with van der Waals surface area (Å²) >= 11 is 12.7. The fraction of sp³-hybridized carbons (Fsp3) is 0.0909. The molecule has 1 aromatic carbocycles. The zero-order valence-electron chi connectivity index (χ0n) is 9.73. The van der Waals surface area contributed by atoms with Crippen LogP contribution in [-0.2, 0) is 16.6 Å². The molecule has 2 aromatic rings. The fourth-order valence-corrected chi connectivity index (χ4v) is 4.58. The summed E-state index contributed by atoms with van der Waals surface area (Å²) < 4.78 is 39.7. The number of thiophene rings is 1. The molecule has 0 amide bonds. The lowest BCUT2D eigenvalue weighted by Gasteiger charge is -2.11. The van der Waals surface area contributed by atoms with Gasteiger partial charge >= 0.3 is 0 Å². The smallest absolute Gasteiger partial charge is 0.263 e. The van der Waals surface area contributed by atoms with E-state index in [1.165, 1.54) is 11.4 Å². The molecule has 0 aliphatic carbocycles. The van der Waals surface area contributed by atoms with Gasteiger partial charge in [0.05, 0.1) is 27.2 Å². The maximum absolute atomic E-state index is 13.1. The third-order valence-corrected chi connectivity index (χ3v) is 5.45. The minimum Gasteiger partial charge on any atom is -0.391 e. The van der Waals surface area contributed by atoms with Crippen molar-refractivity contribution in [3.8, 4) is 0 Å². The molecule has 0 aliphatic heterocycles. The van der Waals surface area contributed by atoms with E-state index in [2.05, 4.69) is 4.72 Å². The molecule has 4 nitrogen and oxygen atoms in total. The zero-order valence-corrected chi connectivity index (χ0v) is 12.9. The summed E-state index contributed by atoms with van der Waals surface area (Å²) in [5, 5.41) is 10.3. The Morgan fingerprint density at radius 3 is 2.45 bits per heavy atom. The summed E-state index contributed by atoms with van der Waals surface area (Å²) in [6, 6.07) is 3.25. The lowest BCUT2D eigenvalue weighted by atomic mass is 10.3. The van der Waals surface area contributed by atoms with Gasteiger partial charge in [-0.05, 0) is 23.6 Å². The molecule has 1 aromatic heterocycles. The van der Waals surface area contributed by atoms with Gasteiger partial charge < -0.3 is 5.11 Å². The van der Waals surface area contributed by atoms with Crippen LogP contribution in [0.3, 0.4) is 0 Å². The standard InChI is InChI=1S/C11H8Cl2FNO3S2/c12-7-3-6(14)4-8(13)11(7)15-20(17,18)10-1-2-19-9(10)5-16/h1-4,15-16H,5H2. The molecule has 0 bridgehead atoms. The highest BCUT2D eigenvalue weighted by Gasteiger charge is 2.22. The van der Waals surface area contributed by atoms with Crippen LogP contribution in [-0.4, -0.2) is 13.5 Å². The van der Waals surface area contributed by atoms with Crippen LogP contribution in [0.15, 0.2) is 28.5 Å². The molecular weight excluding hydrogens is 348 g/mol. The van der Waals surface area contributed by atoms with Crippen LogP contribution in [0.5, 0.6) is 0 Å². The van der Waals surface area contributed by atoms with Crippen LogP contribution in [0.2, 0.25) is 10.0 Å². The van der Waals surface area contributed by atoms with Crippen LogP contribution < -0.4 is 4.72 Å². The molecule has 0 aliphatic rings. The Bertz CT molecular complexity index is 723. The fourth-order valence-electron chi connectivity index (χ4n) is 1.51. The normalized spacial score (nSPS) is 11.6. The maximum Gasteiger partial charge on any atom is 0.263 e. The zero-order chi connectivity index (χ0) is 14.9. The first-order valence-electron chi connectivity index (χ1n) is 5.19. The molecule has 20 heavy (non-hydrogen) atoms. The summed E-state index contributed by atoms with van der Waals surface area (Å²) in [4.78, 5) is 0.216. The van der Waals surface area contributed by atoms with Crippen LogP contribution in [0, 0.1) is 5.82 Å². The summed E-state index contributed by atoms with van der Waals surface area (Å²) in [6.45, 7) is -0.404. The van der Waals surface area contributed by atoms with Gasteiger partial charge in [-0.3, -0.25) is 4.72 Å². The summed E-state index contributed by atoms with van der Waals surface area (Å²) in [6.07, 6.45) is 0. The molecule has 108 valence electrons. The molecule has 2 rings (SSSR count). The second-order valence-corrected chi connectivity index (χ2v) is 7.18. The Morgan fingerprint density at radius 1 is 1.30 bits per heavy atom. The lowest BCUT2D eigenvalue weighted by Crippen LogP contribution is -2.14. The molecular formula is C11H8Cl2FNO3S2. The predicted octanol–water partition coefficient (Wildman–Crippen LogP) is 3.49. The number of nitrogens with one attached hydrogen (secondary N) is 1. The number of hydrogen-bond acceptors (Lipinski definition) is 4. The van der Waals surface area contributed by atoms with E-state index in [0.717, 1.165) is 23.5 Å². The van der Waals surface area contributed by atoms with Crippen LogP contribution in [0.4, 0.5) is 10.1 Å². The Kier molecular flexibility index (Phi) is 4.55. The molecule has 0 saturated heterocycles. The van der Waals surface area contributed by atoms with Crippen LogP contribution in [0.1, 0.15) is 4.88 Å². The Hall–Kier alpha value is -0.860. The summed E-state index contributed by atoms with van der Waals surface area (Å²) in [5.41, 5.74) is -0.107. The van der Waals surface area contributed by atoms with E-state index < -0.39 is 22.4 Å². The minimum atomic E-state index is -3.96. The second-order valence-electron chi connectivity index (χ2n) is 3.72. The average molecular weight is 356 g/mol. The van der Waals surface area contributed by atoms with Gasteiger partial charge in [0.1, 0.15) is 10.7 Å².